The number of nitrogens with zero attached hydrogens (tertiary/aromatic N) is 2. The number of benzene rings is 2. The molecular formula is C23H24N2O2S. The van der Waals surface area contributed by atoms with Crippen LogP contribution in [0.15, 0.2) is 56.8 Å². The maximum Gasteiger partial charge on any atom is 0.336 e. The van der Waals surface area contributed by atoms with Gasteiger partial charge >= 0.3 is 5.63 Å². The van der Waals surface area contributed by atoms with Gasteiger partial charge in [-0.25, -0.2) is 9.78 Å². The number of hydrogen-bond donors (Lipinski definition) is 0. The molecule has 0 bridgehead atoms. The maximum atomic E-state index is 12.1. The Balaban J connectivity index is 1.74. The van der Waals surface area contributed by atoms with Crippen LogP contribution >= 0.6 is 11.8 Å². The Hall–Kier alpha value is -2.53. The van der Waals surface area contributed by atoms with E-state index in [0.29, 0.717) is 17.3 Å². The average Bonchev–Trinajstić information content (AvgIpc) is 2.98. The van der Waals surface area contributed by atoms with Crippen LogP contribution in [0.25, 0.3) is 22.0 Å². The van der Waals surface area contributed by atoms with Crippen LogP contribution in [0.2, 0.25) is 0 Å². The lowest BCUT2D eigenvalue weighted by atomic mass is 10.0. The third-order valence-corrected chi connectivity index (χ3v) is 5.99. The van der Waals surface area contributed by atoms with Crippen molar-refractivity contribution >= 4 is 33.8 Å². The number of rotatable bonds is 5. The third kappa shape index (κ3) is 3.59. The predicted octanol–water partition coefficient (Wildman–Crippen LogP) is 5.71. The summed E-state index contributed by atoms with van der Waals surface area (Å²) in [6.07, 6.45) is 0. The first-order valence-corrected chi connectivity index (χ1v) is 10.5. The summed E-state index contributed by atoms with van der Waals surface area (Å²) in [5.41, 5.74) is 5.82. The fraction of sp³-hybridized carbons (Fsp3) is 0.304. The summed E-state index contributed by atoms with van der Waals surface area (Å²) in [6.45, 7) is 9.46. The molecule has 0 aliphatic heterocycles. The Labute approximate surface area is 168 Å². The van der Waals surface area contributed by atoms with E-state index in [0.717, 1.165) is 39.2 Å². The number of aromatic nitrogens is 2. The zero-order valence-corrected chi connectivity index (χ0v) is 17.5. The molecule has 2 aromatic carbocycles. The van der Waals surface area contributed by atoms with Gasteiger partial charge in [-0.2, -0.15) is 0 Å². The Bertz CT molecular complexity index is 1220. The number of aryl methyl sites for hydroxylation is 2. The molecule has 0 fully saturated rings. The first-order chi connectivity index (χ1) is 13.4. The highest BCUT2D eigenvalue weighted by atomic mass is 32.2. The van der Waals surface area contributed by atoms with Crippen molar-refractivity contribution < 1.29 is 4.42 Å². The molecule has 0 atom stereocenters. The van der Waals surface area contributed by atoms with Gasteiger partial charge in [-0.15, -0.1) is 0 Å². The second-order valence-electron chi connectivity index (χ2n) is 7.70. The number of para-hydroxylation sites is 2. The molecule has 4 rings (SSSR count). The molecule has 0 amide bonds. The molecule has 0 saturated carbocycles. The molecule has 28 heavy (non-hydrogen) atoms. The Kier molecular flexibility index (Phi) is 5.02. The summed E-state index contributed by atoms with van der Waals surface area (Å²) in [6, 6.07) is 13.9. The summed E-state index contributed by atoms with van der Waals surface area (Å²) < 4.78 is 7.71. The van der Waals surface area contributed by atoms with Crippen LogP contribution in [0, 0.1) is 19.8 Å². The van der Waals surface area contributed by atoms with Crippen molar-refractivity contribution in [3.05, 3.63) is 69.6 Å². The quantitative estimate of drug-likeness (QED) is 0.322. The average molecular weight is 393 g/mol. The van der Waals surface area contributed by atoms with Crippen molar-refractivity contribution in [2.75, 3.05) is 0 Å². The molecule has 4 nitrogen and oxygen atoms in total. The van der Waals surface area contributed by atoms with Gasteiger partial charge in [0, 0.05) is 23.8 Å². The van der Waals surface area contributed by atoms with E-state index in [1.54, 1.807) is 17.8 Å². The van der Waals surface area contributed by atoms with Crippen LogP contribution in [-0.4, -0.2) is 9.55 Å². The van der Waals surface area contributed by atoms with E-state index in [1.165, 1.54) is 5.56 Å². The van der Waals surface area contributed by atoms with Crippen molar-refractivity contribution in [3.63, 3.8) is 0 Å². The molecule has 0 N–H and O–H groups in total. The van der Waals surface area contributed by atoms with Crippen LogP contribution in [-0.2, 0) is 12.3 Å². The van der Waals surface area contributed by atoms with Crippen LogP contribution < -0.4 is 5.63 Å². The van der Waals surface area contributed by atoms with E-state index in [-0.39, 0.29) is 5.63 Å². The zero-order valence-electron chi connectivity index (χ0n) is 16.7. The van der Waals surface area contributed by atoms with Crippen molar-refractivity contribution in [3.8, 4) is 0 Å². The van der Waals surface area contributed by atoms with E-state index in [2.05, 4.69) is 49.6 Å². The highest BCUT2D eigenvalue weighted by Crippen LogP contribution is 2.30. The van der Waals surface area contributed by atoms with E-state index >= 15 is 0 Å². The maximum absolute atomic E-state index is 12.1. The largest absolute Gasteiger partial charge is 0.423 e. The molecule has 0 radical (unpaired) electrons. The molecule has 0 aliphatic carbocycles. The summed E-state index contributed by atoms with van der Waals surface area (Å²) in [5.74, 6) is 1.19. The van der Waals surface area contributed by atoms with Gasteiger partial charge in [0.15, 0.2) is 5.16 Å². The highest BCUT2D eigenvalue weighted by Gasteiger charge is 2.14. The molecule has 0 unspecified atom stereocenters. The lowest BCUT2D eigenvalue weighted by molar-refractivity contribution is 0.505. The second kappa shape index (κ2) is 7.47. The fourth-order valence-corrected chi connectivity index (χ4v) is 4.46. The number of fused-ring (bicyclic) bond motifs is 2. The van der Waals surface area contributed by atoms with E-state index < -0.39 is 0 Å². The molecule has 4 aromatic rings. The Morgan fingerprint density at radius 2 is 1.86 bits per heavy atom. The van der Waals surface area contributed by atoms with Gasteiger partial charge in [-0.3, -0.25) is 0 Å². The van der Waals surface area contributed by atoms with Crippen LogP contribution in [0.5, 0.6) is 0 Å². The monoisotopic (exact) mass is 392 g/mol. The molecule has 0 saturated heterocycles. The molecule has 2 aromatic heterocycles. The lowest BCUT2D eigenvalue weighted by Crippen LogP contribution is -2.06. The minimum absolute atomic E-state index is 0.304. The minimum atomic E-state index is -0.304. The molecule has 0 spiro atoms. The summed E-state index contributed by atoms with van der Waals surface area (Å²) in [7, 11) is 0. The summed E-state index contributed by atoms with van der Waals surface area (Å²) in [4.78, 5) is 16.9. The standard InChI is InChI=1S/C23H24N2O2S/c1-14(2)12-25-20-8-6-5-7-19(20)24-23(25)28-13-17-11-22(26)27-21-10-16(4)15(3)9-18(17)21/h5-11,14H,12-13H2,1-4H3. The van der Waals surface area contributed by atoms with E-state index in [9.17, 15) is 4.79 Å². The number of imidazole rings is 1. The first kappa shape index (κ1) is 18.8. The van der Waals surface area contributed by atoms with E-state index in [4.69, 9.17) is 9.40 Å². The van der Waals surface area contributed by atoms with Gasteiger partial charge in [0.1, 0.15) is 5.58 Å². The lowest BCUT2D eigenvalue weighted by Gasteiger charge is -2.12. The number of hydrogen-bond acceptors (Lipinski definition) is 4. The van der Waals surface area contributed by atoms with Crippen molar-refractivity contribution in [1.82, 2.24) is 9.55 Å². The van der Waals surface area contributed by atoms with Gasteiger partial charge in [0.2, 0.25) is 0 Å². The van der Waals surface area contributed by atoms with Crippen LogP contribution in [0.1, 0.15) is 30.5 Å². The second-order valence-corrected chi connectivity index (χ2v) is 8.64. The predicted molar refractivity (Wildman–Crippen MR) is 116 cm³/mol. The molecule has 5 heteroatoms. The van der Waals surface area contributed by atoms with Crippen molar-refractivity contribution in [1.29, 1.82) is 0 Å². The van der Waals surface area contributed by atoms with Crippen LogP contribution in [0.3, 0.4) is 0 Å². The molecular weight excluding hydrogens is 368 g/mol. The summed E-state index contributed by atoms with van der Waals surface area (Å²) >= 11 is 1.67. The van der Waals surface area contributed by atoms with Gasteiger partial charge < -0.3 is 8.98 Å². The smallest absolute Gasteiger partial charge is 0.336 e. The van der Waals surface area contributed by atoms with Gasteiger partial charge in [-0.1, -0.05) is 37.7 Å². The first-order valence-electron chi connectivity index (χ1n) is 9.54. The zero-order chi connectivity index (χ0) is 19.8. The Morgan fingerprint density at radius 1 is 1.11 bits per heavy atom. The fourth-order valence-electron chi connectivity index (χ4n) is 3.45. The van der Waals surface area contributed by atoms with Gasteiger partial charge in [0.05, 0.1) is 11.0 Å². The van der Waals surface area contributed by atoms with Crippen LogP contribution in [0.4, 0.5) is 0 Å². The minimum Gasteiger partial charge on any atom is -0.423 e. The Morgan fingerprint density at radius 3 is 2.64 bits per heavy atom. The highest BCUT2D eigenvalue weighted by molar-refractivity contribution is 7.98. The van der Waals surface area contributed by atoms with Gasteiger partial charge in [-0.05, 0) is 60.7 Å². The molecule has 2 heterocycles. The number of thioether (sulfide) groups is 1. The van der Waals surface area contributed by atoms with E-state index in [1.807, 2.05) is 19.1 Å². The molecule has 144 valence electrons. The van der Waals surface area contributed by atoms with Gasteiger partial charge in [0.25, 0.3) is 0 Å². The topological polar surface area (TPSA) is 48.0 Å². The normalized spacial score (nSPS) is 11.8. The SMILES string of the molecule is Cc1cc2oc(=O)cc(CSc3nc4ccccc4n3CC(C)C)c2cc1C. The molecule has 0 aliphatic rings. The van der Waals surface area contributed by atoms with Crippen molar-refractivity contribution in [2.24, 2.45) is 5.92 Å². The summed E-state index contributed by atoms with van der Waals surface area (Å²) in [5, 5.41) is 1.99. The third-order valence-electron chi connectivity index (χ3n) is 4.97. The van der Waals surface area contributed by atoms with Crippen molar-refractivity contribution in [2.45, 2.75) is 45.1 Å².